The number of carbonyl (C=O) groups is 1. The Morgan fingerprint density at radius 3 is 2.57 bits per heavy atom. The fourth-order valence-corrected chi connectivity index (χ4v) is 4.30. The summed E-state index contributed by atoms with van der Waals surface area (Å²) >= 11 is 0. The first kappa shape index (κ1) is 18.8. The van der Waals surface area contributed by atoms with Crippen molar-refractivity contribution in [3.05, 3.63) is 71.1 Å². The predicted molar refractivity (Wildman–Crippen MR) is 101 cm³/mol. The lowest BCUT2D eigenvalue weighted by Crippen LogP contribution is -2.48. The molecule has 0 saturated heterocycles. The minimum atomic E-state index is -4.70. The Labute approximate surface area is 170 Å². The summed E-state index contributed by atoms with van der Waals surface area (Å²) in [6, 6.07) is 15.3. The molecule has 30 heavy (non-hydrogen) atoms. The molecule has 1 aromatic heterocycles. The van der Waals surface area contributed by atoms with Gasteiger partial charge in [-0.1, -0.05) is 47.6 Å². The average molecular weight is 413 g/mol. The van der Waals surface area contributed by atoms with E-state index in [0.717, 1.165) is 24.8 Å². The summed E-state index contributed by atoms with van der Waals surface area (Å²) in [5, 5.41) is 3.41. The number of halogens is 3. The summed E-state index contributed by atoms with van der Waals surface area (Å²) in [5.41, 5.74) is 2.96. The molecule has 5 nitrogen and oxygen atoms in total. The van der Waals surface area contributed by atoms with E-state index in [-0.39, 0.29) is 17.8 Å². The molecule has 0 unspecified atom stereocenters. The smallest absolute Gasteiger partial charge is 0.331 e. The van der Waals surface area contributed by atoms with Crippen LogP contribution in [0.1, 0.15) is 40.2 Å². The van der Waals surface area contributed by atoms with Gasteiger partial charge in [0.05, 0.1) is 0 Å². The highest BCUT2D eigenvalue weighted by molar-refractivity contribution is 5.99. The van der Waals surface area contributed by atoms with Crippen LogP contribution in [-0.2, 0) is 19.1 Å². The van der Waals surface area contributed by atoms with Crippen LogP contribution >= 0.6 is 0 Å². The second-order valence-electron chi connectivity index (χ2n) is 7.82. The van der Waals surface area contributed by atoms with Crippen LogP contribution in [-0.4, -0.2) is 27.0 Å². The van der Waals surface area contributed by atoms with E-state index in [1.165, 1.54) is 5.56 Å². The maximum atomic E-state index is 13.1. The summed E-state index contributed by atoms with van der Waals surface area (Å²) < 4.78 is 42.5. The number of hydrogen-bond acceptors (Lipinski definition) is 4. The van der Waals surface area contributed by atoms with Crippen LogP contribution in [0.4, 0.5) is 13.2 Å². The van der Waals surface area contributed by atoms with E-state index in [0.29, 0.717) is 23.6 Å². The molecule has 1 aliphatic heterocycles. The third-order valence-corrected chi connectivity index (χ3v) is 5.99. The molecule has 2 aliphatic rings. The summed E-state index contributed by atoms with van der Waals surface area (Å²) in [6.07, 6.45) is -1.73. The van der Waals surface area contributed by atoms with Crippen molar-refractivity contribution < 1.29 is 22.5 Å². The van der Waals surface area contributed by atoms with Crippen LogP contribution in [0.15, 0.2) is 53.1 Å². The number of nitrogens with zero attached hydrogens (tertiary/aromatic N) is 3. The number of fused-ring (bicyclic) bond motifs is 1. The first-order valence-corrected chi connectivity index (χ1v) is 9.79. The van der Waals surface area contributed by atoms with E-state index >= 15 is 0 Å². The maximum absolute atomic E-state index is 13.1. The van der Waals surface area contributed by atoms with Gasteiger partial charge in [0.25, 0.3) is 5.91 Å². The number of aromatic nitrogens is 2. The van der Waals surface area contributed by atoms with Gasteiger partial charge in [0.2, 0.25) is 5.82 Å². The number of benzene rings is 2. The number of hydrogen-bond donors (Lipinski definition) is 0. The van der Waals surface area contributed by atoms with Crippen LogP contribution in [0, 0.1) is 5.92 Å². The highest BCUT2D eigenvalue weighted by atomic mass is 19.4. The molecular weight excluding hydrogens is 395 g/mol. The van der Waals surface area contributed by atoms with E-state index < -0.39 is 12.1 Å². The lowest BCUT2D eigenvalue weighted by atomic mass is 9.75. The quantitative estimate of drug-likeness (QED) is 0.620. The largest absolute Gasteiger partial charge is 0.471 e. The summed E-state index contributed by atoms with van der Waals surface area (Å²) in [5.74, 6) is -1.25. The number of alkyl halides is 3. The van der Waals surface area contributed by atoms with Crippen molar-refractivity contribution in [2.45, 2.75) is 38.0 Å². The average Bonchev–Trinajstić information content (AvgIpc) is 3.32. The Bertz CT molecular complexity index is 1090. The van der Waals surface area contributed by atoms with Crippen molar-refractivity contribution in [2.24, 2.45) is 5.92 Å². The Hall–Kier alpha value is -3.16. The third kappa shape index (κ3) is 3.26. The monoisotopic (exact) mass is 413 g/mol. The summed E-state index contributed by atoms with van der Waals surface area (Å²) in [4.78, 5) is 18.4. The minimum Gasteiger partial charge on any atom is -0.331 e. The lowest BCUT2D eigenvalue weighted by Gasteiger charge is -2.43. The summed E-state index contributed by atoms with van der Waals surface area (Å²) in [7, 11) is 0. The molecule has 1 fully saturated rings. The molecule has 1 saturated carbocycles. The Balaban J connectivity index is 1.34. The molecule has 0 radical (unpaired) electrons. The molecule has 154 valence electrons. The van der Waals surface area contributed by atoms with Crippen LogP contribution in [0.25, 0.3) is 11.4 Å². The zero-order valence-corrected chi connectivity index (χ0v) is 15.9. The van der Waals surface area contributed by atoms with Gasteiger partial charge in [0.1, 0.15) is 0 Å². The van der Waals surface area contributed by atoms with Crippen LogP contribution in [0.3, 0.4) is 0 Å². The molecule has 1 aliphatic carbocycles. The first-order valence-electron chi connectivity index (χ1n) is 9.79. The van der Waals surface area contributed by atoms with Gasteiger partial charge >= 0.3 is 12.1 Å². The number of amides is 1. The molecule has 2 heterocycles. The molecular formula is C22H18F3N3O2. The molecule has 1 amide bonds. The zero-order valence-electron chi connectivity index (χ0n) is 15.9. The van der Waals surface area contributed by atoms with Crippen molar-refractivity contribution >= 4 is 5.91 Å². The van der Waals surface area contributed by atoms with Gasteiger partial charge in [0, 0.05) is 23.7 Å². The summed E-state index contributed by atoms with van der Waals surface area (Å²) in [6.45, 7) is 0.518. The highest BCUT2D eigenvalue weighted by Gasteiger charge is 2.42. The van der Waals surface area contributed by atoms with Gasteiger partial charge in [-0.05, 0) is 42.4 Å². The second-order valence-corrected chi connectivity index (χ2v) is 7.82. The molecule has 5 rings (SSSR count). The predicted octanol–water partition coefficient (Wildman–Crippen LogP) is 4.73. The first-order chi connectivity index (χ1) is 14.4. The normalized spacial score (nSPS) is 20.9. The molecule has 2 atom stereocenters. The van der Waals surface area contributed by atoms with E-state index in [2.05, 4.69) is 26.8 Å². The van der Waals surface area contributed by atoms with E-state index in [9.17, 15) is 18.0 Å². The third-order valence-electron chi connectivity index (χ3n) is 5.99. The molecule has 0 spiro atoms. The standard InChI is InChI=1S/C22H18F3N3O2/c23-22(24,25)21-26-19(27-30-21)15-6-7-16-12-28(20(29)17(16)11-15)18-9-8-14(18)10-13-4-2-1-3-5-13/h1-7,11,14,18H,8-10,12H2/t14-,18-/m1/s1. The van der Waals surface area contributed by atoms with Gasteiger partial charge in [0.15, 0.2) is 0 Å². The fourth-order valence-electron chi connectivity index (χ4n) is 4.30. The van der Waals surface area contributed by atoms with E-state index in [1.54, 1.807) is 18.2 Å². The minimum absolute atomic E-state index is 0.0887. The highest BCUT2D eigenvalue weighted by Crippen LogP contribution is 2.39. The van der Waals surface area contributed by atoms with Gasteiger partial charge in [-0.25, -0.2) is 0 Å². The van der Waals surface area contributed by atoms with Crippen LogP contribution in [0.5, 0.6) is 0 Å². The van der Waals surface area contributed by atoms with Gasteiger partial charge in [-0.2, -0.15) is 18.2 Å². The van der Waals surface area contributed by atoms with Crippen LogP contribution in [0.2, 0.25) is 0 Å². The molecule has 2 aromatic carbocycles. The second kappa shape index (κ2) is 6.97. The van der Waals surface area contributed by atoms with Gasteiger partial charge in [-0.3, -0.25) is 4.79 Å². The Morgan fingerprint density at radius 1 is 1.10 bits per heavy atom. The Morgan fingerprint density at radius 2 is 1.90 bits per heavy atom. The van der Waals surface area contributed by atoms with Crippen molar-refractivity contribution in [1.29, 1.82) is 0 Å². The zero-order chi connectivity index (χ0) is 20.9. The number of carbonyl (C=O) groups excluding carboxylic acids is 1. The van der Waals surface area contributed by atoms with Crippen molar-refractivity contribution in [3.8, 4) is 11.4 Å². The fraction of sp³-hybridized carbons (Fsp3) is 0.318. The van der Waals surface area contributed by atoms with Crippen LogP contribution < -0.4 is 0 Å². The van der Waals surface area contributed by atoms with Crippen molar-refractivity contribution in [2.75, 3.05) is 0 Å². The van der Waals surface area contributed by atoms with Crippen molar-refractivity contribution in [1.82, 2.24) is 15.0 Å². The van der Waals surface area contributed by atoms with Gasteiger partial charge in [-0.15, -0.1) is 0 Å². The van der Waals surface area contributed by atoms with E-state index in [1.807, 2.05) is 23.1 Å². The number of rotatable bonds is 4. The molecule has 8 heteroatoms. The molecule has 0 bridgehead atoms. The SMILES string of the molecule is O=C1c2cc(-c3noc(C(F)(F)F)n3)ccc2CN1[C@@H]1CC[C@@H]1Cc1ccccc1. The lowest BCUT2D eigenvalue weighted by molar-refractivity contribution is -0.159. The maximum Gasteiger partial charge on any atom is 0.471 e. The Kier molecular flexibility index (Phi) is 4.38. The molecule has 3 aromatic rings. The van der Waals surface area contributed by atoms with E-state index in [4.69, 9.17) is 0 Å². The molecule has 0 N–H and O–H groups in total. The topological polar surface area (TPSA) is 59.2 Å². The van der Waals surface area contributed by atoms with Gasteiger partial charge < -0.3 is 9.42 Å². The van der Waals surface area contributed by atoms with Crippen molar-refractivity contribution in [3.63, 3.8) is 0 Å².